The zero-order valence-corrected chi connectivity index (χ0v) is 11.9. The van der Waals surface area contributed by atoms with E-state index in [1.807, 2.05) is 19.2 Å². The molecule has 1 aliphatic heterocycles. The highest BCUT2D eigenvalue weighted by atomic mass is 19.1. The molecule has 19 heavy (non-hydrogen) atoms. The number of morpholine rings is 1. The van der Waals surface area contributed by atoms with Crippen molar-refractivity contribution in [1.29, 1.82) is 0 Å². The first-order valence-corrected chi connectivity index (χ1v) is 6.90. The van der Waals surface area contributed by atoms with Crippen molar-refractivity contribution in [2.75, 3.05) is 26.7 Å². The summed E-state index contributed by atoms with van der Waals surface area (Å²) in [6.45, 7) is 7.04. The average Bonchev–Trinajstić information content (AvgIpc) is 2.42. The summed E-state index contributed by atoms with van der Waals surface area (Å²) in [5.41, 5.74) is 1.07. The molecule has 1 aromatic carbocycles. The third-order valence-corrected chi connectivity index (χ3v) is 3.77. The third-order valence-electron chi connectivity index (χ3n) is 3.77. The Hall–Kier alpha value is -0.970. The molecule has 4 heteroatoms. The van der Waals surface area contributed by atoms with Crippen LogP contribution < -0.4 is 5.32 Å². The van der Waals surface area contributed by atoms with E-state index < -0.39 is 0 Å². The Morgan fingerprint density at radius 3 is 2.58 bits per heavy atom. The van der Waals surface area contributed by atoms with Gasteiger partial charge in [-0.3, -0.25) is 4.90 Å². The Morgan fingerprint density at radius 1 is 1.32 bits per heavy atom. The van der Waals surface area contributed by atoms with Gasteiger partial charge in [-0.25, -0.2) is 4.39 Å². The summed E-state index contributed by atoms with van der Waals surface area (Å²) in [6.07, 6.45) is 0.103. The van der Waals surface area contributed by atoms with Crippen LogP contribution in [0, 0.1) is 5.82 Å². The minimum absolute atomic E-state index is 0.0992. The van der Waals surface area contributed by atoms with Gasteiger partial charge in [0.2, 0.25) is 0 Å². The molecule has 2 atom stereocenters. The Labute approximate surface area is 114 Å². The van der Waals surface area contributed by atoms with Crippen molar-refractivity contribution in [3.8, 4) is 0 Å². The SMILES string of the molecule is CNC(c1ccc(F)cc1)C1CN(C(C)C)CCO1. The number of nitrogens with zero attached hydrogens (tertiary/aromatic N) is 1. The van der Waals surface area contributed by atoms with E-state index in [0.717, 1.165) is 25.3 Å². The quantitative estimate of drug-likeness (QED) is 0.904. The Morgan fingerprint density at radius 2 is 2.00 bits per heavy atom. The van der Waals surface area contributed by atoms with E-state index in [1.54, 1.807) is 0 Å². The molecule has 1 N–H and O–H groups in total. The first-order chi connectivity index (χ1) is 9.11. The van der Waals surface area contributed by atoms with E-state index >= 15 is 0 Å². The summed E-state index contributed by atoms with van der Waals surface area (Å²) < 4.78 is 18.9. The van der Waals surface area contributed by atoms with Gasteiger partial charge < -0.3 is 10.1 Å². The number of rotatable bonds is 4. The van der Waals surface area contributed by atoms with Crippen LogP contribution in [-0.4, -0.2) is 43.8 Å². The van der Waals surface area contributed by atoms with Gasteiger partial charge in [0.1, 0.15) is 5.82 Å². The van der Waals surface area contributed by atoms with Gasteiger partial charge in [0.15, 0.2) is 0 Å². The van der Waals surface area contributed by atoms with Gasteiger partial charge in [-0.15, -0.1) is 0 Å². The van der Waals surface area contributed by atoms with Gasteiger partial charge in [-0.05, 0) is 38.6 Å². The minimum Gasteiger partial charge on any atom is -0.374 e. The molecule has 0 spiro atoms. The molecule has 0 aliphatic carbocycles. The predicted octanol–water partition coefficient (Wildman–Crippen LogP) is 2.20. The highest BCUT2D eigenvalue weighted by Gasteiger charge is 2.29. The number of likely N-dealkylation sites (N-methyl/N-ethyl adjacent to an activating group) is 1. The standard InChI is InChI=1S/C15H23FN2O/c1-11(2)18-8-9-19-14(10-18)15(17-3)12-4-6-13(16)7-5-12/h4-7,11,14-15,17H,8-10H2,1-3H3. The Bertz CT molecular complexity index is 394. The molecule has 2 rings (SSSR count). The van der Waals surface area contributed by atoms with Crippen LogP contribution in [0.1, 0.15) is 25.5 Å². The molecular formula is C15H23FN2O. The van der Waals surface area contributed by atoms with Crippen molar-refractivity contribution >= 4 is 0 Å². The first-order valence-electron chi connectivity index (χ1n) is 6.90. The van der Waals surface area contributed by atoms with Crippen LogP contribution in [0.3, 0.4) is 0 Å². The molecule has 2 unspecified atom stereocenters. The van der Waals surface area contributed by atoms with Gasteiger partial charge in [0.25, 0.3) is 0 Å². The topological polar surface area (TPSA) is 24.5 Å². The maximum absolute atomic E-state index is 13.0. The van der Waals surface area contributed by atoms with E-state index in [2.05, 4.69) is 24.1 Å². The number of ether oxygens (including phenoxy) is 1. The first kappa shape index (κ1) is 14.4. The molecule has 1 aromatic rings. The van der Waals surface area contributed by atoms with Gasteiger partial charge in [0.05, 0.1) is 18.8 Å². The molecule has 0 aromatic heterocycles. The summed E-state index contributed by atoms with van der Waals surface area (Å²) in [5.74, 6) is -0.202. The summed E-state index contributed by atoms with van der Waals surface area (Å²) in [7, 11) is 1.92. The van der Waals surface area contributed by atoms with Crippen molar-refractivity contribution in [3.63, 3.8) is 0 Å². The highest BCUT2D eigenvalue weighted by Crippen LogP contribution is 2.23. The summed E-state index contributed by atoms with van der Waals surface area (Å²) in [6, 6.07) is 7.28. The molecule has 1 aliphatic rings. The van der Waals surface area contributed by atoms with Crippen LogP contribution in [0.15, 0.2) is 24.3 Å². The summed E-state index contributed by atoms with van der Waals surface area (Å²) >= 11 is 0. The van der Waals surface area contributed by atoms with Crippen molar-refractivity contribution in [3.05, 3.63) is 35.6 Å². The summed E-state index contributed by atoms with van der Waals surface area (Å²) in [4.78, 5) is 2.42. The number of nitrogens with one attached hydrogen (secondary N) is 1. The van der Waals surface area contributed by atoms with Crippen molar-refractivity contribution in [2.45, 2.75) is 32.0 Å². The molecule has 0 radical (unpaired) electrons. The second-order valence-corrected chi connectivity index (χ2v) is 5.32. The molecule has 3 nitrogen and oxygen atoms in total. The second-order valence-electron chi connectivity index (χ2n) is 5.32. The van der Waals surface area contributed by atoms with Crippen LogP contribution >= 0.6 is 0 Å². The lowest BCUT2D eigenvalue weighted by molar-refractivity contribution is -0.0550. The molecular weight excluding hydrogens is 243 g/mol. The maximum Gasteiger partial charge on any atom is 0.123 e. The zero-order chi connectivity index (χ0) is 13.8. The number of benzene rings is 1. The fraction of sp³-hybridized carbons (Fsp3) is 0.600. The zero-order valence-electron chi connectivity index (χ0n) is 11.9. The van der Waals surface area contributed by atoms with Crippen molar-refractivity contribution < 1.29 is 9.13 Å². The molecule has 1 heterocycles. The van der Waals surface area contributed by atoms with Crippen molar-refractivity contribution in [1.82, 2.24) is 10.2 Å². The van der Waals surface area contributed by atoms with E-state index in [-0.39, 0.29) is 18.0 Å². The number of halogens is 1. The van der Waals surface area contributed by atoms with E-state index in [1.165, 1.54) is 12.1 Å². The Kier molecular flexibility index (Phi) is 4.91. The number of hydrogen-bond acceptors (Lipinski definition) is 3. The predicted molar refractivity (Wildman–Crippen MR) is 74.6 cm³/mol. The molecule has 0 bridgehead atoms. The third kappa shape index (κ3) is 3.53. The lowest BCUT2D eigenvalue weighted by atomic mass is 9.99. The highest BCUT2D eigenvalue weighted by molar-refractivity contribution is 5.21. The van der Waals surface area contributed by atoms with Crippen LogP contribution in [0.5, 0.6) is 0 Å². The van der Waals surface area contributed by atoms with Gasteiger partial charge in [-0.1, -0.05) is 12.1 Å². The van der Waals surface area contributed by atoms with Crippen LogP contribution in [0.2, 0.25) is 0 Å². The van der Waals surface area contributed by atoms with Crippen LogP contribution in [0.4, 0.5) is 4.39 Å². The average molecular weight is 266 g/mol. The van der Waals surface area contributed by atoms with Gasteiger partial charge >= 0.3 is 0 Å². The summed E-state index contributed by atoms with van der Waals surface area (Å²) in [5, 5.41) is 3.29. The largest absolute Gasteiger partial charge is 0.374 e. The second kappa shape index (κ2) is 6.46. The van der Waals surface area contributed by atoms with E-state index in [4.69, 9.17) is 4.74 Å². The normalized spacial score (nSPS) is 22.7. The molecule has 0 saturated carbocycles. The van der Waals surface area contributed by atoms with Crippen LogP contribution in [0.25, 0.3) is 0 Å². The van der Waals surface area contributed by atoms with Gasteiger partial charge in [-0.2, -0.15) is 0 Å². The monoisotopic (exact) mass is 266 g/mol. The lowest BCUT2D eigenvalue weighted by Crippen LogP contribution is -2.49. The van der Waals surface area contributed by atoms with E-state index in [9.17, 15) is 4.39 Å². The molecule has 0 amide bonds. The maximum atomic E-state index is 13.0. The Balaban J connectivity index is 2.10. The smallest absolute Gasteiger partial charge is 0.123 e. The minimum atomic E-state index is -0.202. The molecule has 1 saturated heterocycles. The van der Waals surface area contributed by atoms with E-state index in [0.29, 0.717) is 6.04 Å². The fourth-order valence-electron chi connectivity index (χ4n) is 2.60. The lowest BCUT2D eigenvalue weighted by Gasteiger charge is -2.39. The van der Waals surface area contributed by atoms with Gasteiger partial charge in [0, 0.05) is 19.1 Å². The molecule has 1 fully saturated rings. The fourth-order valence-corrected chi connectivity index (χ4v) is 2.60. The van der Waals surface area contributed by atoms with Crippen molar-refractivity contribution in [2.24, 2.45) is 0 Å². The molecule has 106 valence electrons. The number of hydrogen-bond donors (Lipinski definition) is 1. The van der Waals surface area contributed by atoms with Crippen LogP contribution in [-0.2, 0) is 4.74 Å².